The van der Waals surface area contributed by atoms with Crippen LogP contribution in [0.3, 0.4) is 0 Å². The molecule has 5 unspecified atom stereocenters. The van der Waals surface area contributed by atoms with Crippen molar-refractivity contribution in [3.63, 3.8) is 0 Å². The number of rotatable bonds is 7. The van der Waals surface area contributed by atoms with E-state index in [1.807, 2.05) is 30.3 Å². The highest BCUT2D eigenvalue weighted by molar-refractivity contribution is 5.67. The number of aliphatic hydroxyl groups excluding tert-OH is 1. The first-order chi connectivity index (χ1) is 13.3. The quantitative estimate of drug-likeness (QED) is 0.525. The van der Waals surface area contributed by atoms with E-state index in [0.717, 1.165) is 12.5 Å². The summed E-state index contributed by atoms with van der Waals surface area (Å²) in [5.41, 5.74) is 0.838. The Labute approximate surface area is 162 Å². The molecule has 1 aromatic carbocycles. The Kier molecular flexibility index (Phi) is 7.91. The lowest BCUT2D eigenvalue weighted by Gasteiger charge is -2.43. The lowest BCUT2D eigenvalue weighted by molar-refractivity contribution is -0.301. The fourth-order valence-electron chi connectivity index (χ4n) is 2.84. The number of esters is 3. The highest BCUT2D eigenvalue weighted by atomic mass is 16.7. The van der Waals surface area contributed by atoms with Crippen LogP contribution in [0.15, 0.2) is 30.3 Å². The predicted octanol–water partition coefficient (Wildman–Crippen LogP) is 0.716. The first-order valence-electron chi connectivity index (χ1n) is 8.74. The Balaban J connectivity index is 2.26. The molecule has 28 heavy (non-hydrogen) atoms. The van der Waals surface area contributed by atoms with Gasteiger partial charge < -0.3 is 28.8 Å². The molecule has 9 heteroatoms. The van der Waals surface area contributed by atoms with Crippen molar-refractivity contribution in [1.82, 2.24) is 0 Å². The summed E-state index contributed by atoms with van der Waals surface area (Å²) >= 11 is 0. The summed E-state index contributed by atoms with van der Waals surface area (Å²) in [6, 6.07) is 9.20. The van der Waals surface area contributed by atoms with E-state index in [2.05, 4.69) is 0 Å². The minimum atomic E-state index is -1.59. The summed E-state index contributed by atoms with van der Waals surface area (Å²) in [6.07, 6.45) is -5.95. The average Bonchev–Trinajstić information content (AvgIpc) is 2.62. The van der Waals surface area contributed by atoms with Crippen LogP contribution in [0.5, 0.6) is 0 Å². The summed E-state index contributed by atoms with van der Waals surface area (Å²) < 4.78 is 26.7. The van der Waals surface area contributed by atoms with E-state index in [0.29, 0.717) is 0 Å². The van der Waals surface area contributed by atoms with Crippen LogP contribution in [0.25, 0.3) is 0 Å². The normalized spacial score (nSPS) is 26.9. The van der Waals surface area contributed by atoms with E-state index in [4.69, 9.17) is 23.7 Å². The molecule has 1 aliphatic rings. The van der Waals surface area contributed by atoms with Crippen LogP contribution in [0.1, 0.15) is 26.3 Å². The Morgan fingerprint density at radius 1 is 0.929 bits per heavy atom. The standard InChI is InChI=1S/C19H24O9/c1-11(20)24-10-15-16(25-9-14-7-5-4-6-8-14)17(26-12(2)21)18(19(23)28-15)27-13(3)22/h4-8,15-19,23H,9-10H2,1-3H3. The molecule has 0 saturated carbocycles. The molecule has 1 aliphatic heterocycles. The van der Waals surface area contributed by atoms with Crippen LogP contribution in [0.4, 0.5) is 0 Å². The van der Waals surface area contributed by atoms with Gasteiger partial charge in [0.1, 0.15) is 18.8 Å². The molecule has 1 saturated heterocycles. The lowest BCUT2D eigenvalue weighted by atomic mass is 9.98. The molecule has 1 aromatic rings. The van der Waals surface area contributed by atoms with E-state index >= 15 is 0 Å². The van der Waals surface area contributed by atoms with Crippen molar-refractivity contribution in [1.29, 1.82) is 0 Å². The van der Waals surface area contributed by atoms with Crippen molar-refractivity contribution >= 4 is 17.9 Å². The molecule has 1 fully saturated rings. The largest absolute Gasteiger partial charge is 0.463 e. The first-order valence-corrected chi connectivity index (χ1v) is 8.74. The van der Waals surface area contributed by atoms with Crippen LogP contribution in [0.2, 0.25) is 0 Å². The summed E-state index contributed by atoms with van der Waals surface area (Å²) in [5.74, 6) is -1.90. The van der Waals surface area contributed by atoms with Gasteiger partial charge in [0.05, 0.1) is 6.61 Å². The number of hydrogen-bond donors (Lipinski definition) is 1. The molecular weight excluding hydrogens is 372 g/mol. The SMILES string of the molecule is CC(=O)OCC1OC(O)C(OC(C)=O)C(OC(C)=O)C1OCc1ccccc1. The third kappa shape index (κ3) is 6.29. The van der Waals surface area contributed by atoms with Gasteiger partial charge in [0, 0.05) is 20.8 Å². The second kappa shape index (κ2) is 10.2. The van der Waals surface area contributed by atoms with Crippen LogP contribution in [0, 0.1) is 0 Å². The van der Waals surface area contributed by atoms with Gasteiger partial charge in [-0.25, -0.2) is 0 Å². The maximum absolute atomic E-state index is 11.6. The molecule has 1 heterocycles. The van der Waals surface area contributed by atoms with E-state index < -0.39 is 48.6 Å². The predicted molar refractivity (Wildman–Crippen MR) is 93.6 cm³/mol. The fraction of sp³-hybridized carbons (Fsp3) is 0.526. The third-order valence-corrected chi connectivity index (χ3v) is 3.95. The lowest BCUT2D eigenvalue weighted by Crippen LogP contribution is -2.62. The smallest absolute Gasteiger partial charge is 0.303 e. The average molecular weight is 396 g/mol. The van der Waals surface area contributed by atoms with Crippen LogP contribution >= 0.6 is 0 Å². The van der Waals surface area contributed by atoms with E-state index in [1.165, 1.54) is 13.8 Å². The van der Waals surface area contributed by atoms with Crippen molar-refractivity contribution in [3.8, 4) is 0 Å². The summed E-state index contributed by atoms with van der Waals surface area (Å²) in [4.78, 5) is 34.2. The minimum absolute atomic E-state index is 0.131. The maximum atomic E-state index is 11.6. The minimum Gasteiger partial charge on any atom is -0.463 e. The van der Waals surface area contributed by atoms with Gasteiger partial charge in [-0.3, -0.25) is 14.4 Å². The van der Waals surface area contributed by atoms with Gasteiger partial charge in [-0.15, -0.1) is 0 Å². The molecule has 0 aliphatic carbocycles. The molecule has 0 bridgehead atoms. The van der Waals surface area contributed by atoms with Gasteiger partial charge >= 0.3 is 17.9 Å². The number of hydrogen-bond acceptors (Lipinski definition) is 9. The highest BCUT2D eigenvalue weighted by Gasteiger charge is 2.50. The molecule has 1 N–H and O–H groups in total. The van der Waals surface area contributed by atoms with Crippen LogP contribution < -0.4 is 0 Å². The van der Waals surface area contributed by atoms with Crippen molar-refractivity contribution in [2.75, 3.05) is 6.61 Å². The third-order valence-electron chi connectivity index (χ3n) is 3.95. The molecule has 5 atom stereocenters. The van der Waals surface area contributed by atoms with Gasteiger partial charge in [0.25, 0.3) is 0 Å². The number of carbonyl (C=O) groups excluding carboxylic acids is 3. The van der Waals surface area contributed by atoms with Crippen molar-refractivity contribution in [3.05, 3.63) is 35.9 Å². The number of carbonyl (C=O) groups is 3. The fourth-order valence-corrected chi connectivity index (χ4v) is 2.84. The maximum Gasteiger partial charge on any atom is 0.303 e. The molecule has 0 spiro atoms. The van der Waals surface area contributed by atoms with Crippen molar-refractivity contribution in [2.45, 2.75) is 58.1 Å². The molecule has 0 aromatic heterocycles. The Bertz CT molecular complexity index is 675. The zero-order chi connectivity index (χ0) is 20.7. The molecular formula is C19H24O9. The van der Waals surface area contributed by atoms with E-state index in [1.54, 1.807) is 0 Å². The van der Waals surface area contributed by atoms with Gasteiger partial charge in [0.15, 0.2) is 18.5 Å². The Morgan fingerprint density at radius 3 is 2.11 bits per heavy atom. The molecule has 0 radical (unpaired) electrons. The number of aliphatic hydroxyl groups is 1. The van der Waals surface area contributed by atoms with Crippen LogP contribution in [-0.2, 0) is 44.7 Å². The monoisotopic (exact) mass is 396 g/mol. The topological polar surface area (TPSA) is 118 Å². The van der Waals surface area contributed by atoms with Crippen molar-refractivity contribution in [2.24, 2.45) is 0 Å². The van der Waals surface area contributed by atoms with Gasteiger partial charge in [-0.1, -0.05) is 30.3 Å². The van der Waals surface area contributed by atoms with Gasteiger partial charge in [0.2, 0.25) is 0 Å². The number of ether oxygens (including phenoxy) is 5. The van der Waals surface area contributed by atoms with E-state index in [9.17, 15) is 19.5 Å². The second-order valence-electron chi connectivity index (χ2n) is 6.28. The van der Waals surface area contributed by atoms with Gasteiger partial charge in [-0.05, 0) is 5.56 Å². The molecule has 9 nitrogen and oxygen atoms in total. The zero-order valence-electron chi connectivity index (χ0n) is 15.9. The Hall–Kier alpha value is -2.49. The van der Waals surface area contributed by atoms with E-state index in [-0.39, 0.29) is 13.2 Å². The van der Waals surface area contributed by atoms with Crippen molar-refractivity contribution < 1.29 is 43.2 Å². The molecule has 2 rings (SSSR count). The second-order valence-corrected chi connectivity index (χ2v) is 6.28. The summed E-state index contributed by atoms with van der Waals surface area (Å²) in [5, 5.41) is 10.3. The molecule has 154 valence electrons. The highest BCUT2D eigenvalue weighted by Crippen LogP contribution is 2.28. The summed E-state index contributed by atoms with van der Waals surface area (Å²) in [6.45, 7) is 3.46. The first kappa shape index (κ1) is 21.8. The van der Waals surface area contributed by atoms with Crippen LogP contribution in [-0.4, -0.2) is 60.3 Å². The number of benzene rings is 1. The molecule has 0 amide bonds. The zero-order valence-corrected chi connectivity index (χ0v) is 15.9. The van der Waals surface area contributed by atoms with Gasteiger partial charge in [-0.2, -0.15) is 0 Å². The Morgan fingerprint density at radius 2 is 1.54 bits per heavy atom. The summed E-state index contributed by atoms with van der Waals surface area (Å²) in [7, 11) is 0.